The minimum atomic E-state index is -0.0810. The number of carbonyl (C=O) groups excluding carboxylic acids is 1. The van der Waals surface area contributed by atoms with Gasteiger partial charge in [0.1, 0.15) is 0 Å². The van der Waals surface area contributed by atoms with Crippen molar-refractivity contribution >= 4 is 11.4 Å². The molecular weight excluding hydrogens is 286 g/mol. The summed E-state index contributed by atoms with van der Waals surface area (Å²) < 4.78 is 1.81. The highest BCUT2D eigenvalue weighted by molar-refractivity contribution is 5.94. The summed E-state index contributed by atoms with van der Waals surface area (Å²) in [7, 11) is 0. The van der Waals surface area contributed by atoms with Crippen LogP contribution in [0.3, 0.4) is 0 Å². The third-order valence-corrected chi connectivity index (χ3v) is 3.86. The van der Waals surface area contributed by atoms with E-state index in [1.807, 2.05) is 54.7 Å². The summed E-state index contributed by atoms with van der Waals surface area (Å²) in [5, 5.41) is 7.35. The highest BCUT2D eigenvalue weighted by Gasteiger charge is 2.14. The van der Waals surface area contributed by atoms with Crippen molar-refractivity contribution in [2.45, 2.75) is 32.7 Å². The van der Waals surface area contributed by atoms with Gasteiger partial charge in [-0.3, -0.25) is 4.79 Å². The molecular formula is C19H21N3O. The van der Waals surface area contributed by atoms with Crippen LogP contribution in [0.1, 0.15) is 42.4 Å². The number of nitrogens with one attached hydrogen (secondary N) is 1. The molecule has 4 nitrogen and oxygen atoms in total. The first-order valence-electron chi connectivity index (χ1n) is 7.75. The summed E-state index contributed by atoms with van der Waals surface area (Å²) in [4.78, 5) is 12.2. The maximum absolute atomic E-state index is 12.2. The SMILES string of the molecule is CC(C)(C)c1ccc(C(=O)NCc2cc3ccccn3n2)cc1. The Labute approximate surface area is 136 Å². The number of rotatable bonds is 3. The van der Waals surface area contributed by atoms with Crippen LogP contribution in [-0.4, -0.2) is 15.5 Å². The van der Waals surface area contributed by atoms with E-state index in [1.54, 1.807) is 4.52 Å². The van der Waals surface area contributed by atoms with Gasteiger partial charge < -0.3 is 5.32 Å². The van der Waals surface area contributed by atoms with Gasteiger partial charge in [0.2, 0.25) is 0 Å². The first-order chi connectivity index (χ1) is 10.9. The molecule has 3 rings (SSSR count). The van der Waals surface area contributed by atoms with E-state index in [0.29, 0.717) is 12.1 Å². The molecule has 0 aliphatic rings. The zero-order valence-corrected chi connectivity index (χ0v) is 13.7. The molecule has 0 fully saturated rings. The third kappa shape index (κ3) is 3.42. The minimum Gasteiger partial charge on any atom is -0.346 e. The Morgan fingerprint density at radius 3 is 2.52 bits per heavy atom. The van der Waals surface area contributed by atoms with Crippen LogP contribution in [0, 0.1) is 0 Å². The summed E-state index contributed by atoms with van der Waals surface area (Å²) in [6.07, 6.45) is 1.89. The summed E-state index contributed by atoms with van der Waals surface area (Å²) in [5.41, 5.74) is 3.84. The lowest BCUT2D eigenvalue weighted by Gasteiger charge is -2.19. The molecule has 0 bridgehead atoms. The molecule has 1 amide bonds. The number of benzene rings is 1. The number of aromatic nitrogens is 2. The molecule has 2 aromatic heterocycles. The summed E-state index contributed by atoms with van der Waals surface area (Å²) in [6.45, 7) is 6.89. The van der Waals surface area contributed by atoms with Crippen molar-refractivity contribution in [3.63, 3.8) is 0 Å². The first-order valence-corrected chi connectivity index (χ1v) is 7.75. The number of hydrogen-bond donors (Lipinski definition) is 1. The van der Waals surface area contributed by atoms with Gasteiger partial charge in [-0.25, -0.2) is 4.52 Å². The smallest absolute Gasteiger partial charge is 0.251 e. The number of hydrogen-bond acceptors (Lipinski definition) is 2. The Hall–Kier alpha value is -2.62. The van der Waals surface area contributed by atoms with Gasteiger partial charge in [-0.2, -0.15) is 5.10 Å². The molecule has 23 heavy (non-hydrogen) atoms. The molecule has 2 heterocycles. The maximum Gasteiger partial charge on any atom is 0.251 e. The number of pyridine rings is 1. The predicted octanol–water partition coefficient (Wildman–Crippen LogP) is 3.56. The largest absolute Gasteiger partial charge is 0.346 e. The lowest BCUT2D eigenvalue weighted by atomic mass is 9.87. The van der Waals surface area contributed by atoms with Crippen molar-refractivity contribution in [3.05, 3.63) is 71.5 Å². The molecule has 0 radical (unpaired) electrons. The fraction of sp³-hybridized carbons (Fsp3) is 0.263. The molecule has 0 saturated heterocycles. The Morgan fingerprint density at radius 1 is 1.13 bits per heavy atom. The van der Waals surface area contributed by atoms with E-state index in [0.717, 1.165) is 11.2 Å². The third-order valence-electron chi connectivity index (χ3n) is 3.86. The van der Waals surface area contributed by atoms with E-state index in [-0.39, 0.29) is 11.3 Å². The Balaban J connectivity index is 1.67. The zero-order valence-electron chi connectivity index (χ0n) is 13.7. The van der Waals surface area contributed by atoms with Gasteiger partial charge in [-0.15, -0.1) is 0 Å². The van der Waals surface area contributed by atoms with Gasteiger partial charge in [0, 0.05) is 11.8 Å². The lowest BCUT2D eigenvalue weighted by Crippen LogP contribution is -2.23. The molecule has 3 aromatic rings. The number of fused-ring (bicyclic) bond motifs is 1. The highest BCUT2D eigenvalue weighted by atomic mass is 16.1. The molecule has 0 saturated carbocycles. The second-order valence-corrected chi connectivity index (χ2v) is 6.72. The van der Waals surface area contributed by atoms with Crippen LogP contribution in [-0.2, 0) is 12.0 Å². The van der Waals surface area contributed by atoms with Crippen LogP contribution in [0.2, 0.25) is 0 Å². The molecule has 1 N–H and O–H groups in total. The molecule has 0 aliphatic heterocycles. The molecule has 118 valence electrons. The van der Waals surface area contributed by atoms with E-state index in [4.69, 9.17) is 0 Å². The van der Waals surface area contributed by atoms with Gasteiger partial charge in [0.05, 0.1) is 17.8 Å². The molecule has 4 heteroatoms. The average molecular weight is 307 g/mol. The van der Waals surface area contributed by atoms with Gasteiger partial charge in [-0.1, -0.05) is 39.0 Å². The second-order valence-electron chi connectivity index (χ2n) is 6.72. The van der Waals surface area contributed by atoms with Gasteiger partial charge >= 0.3 is 0 Å². The van der Waals surface area contributed by atoms with Crippen LogP contribution in [0.5, 0.6) is 0 Å². The number of carbonyl (C=O) groups is 1. The summed E-state index contributed by atoms with van der Waals surface area (Å²) in [5.74, 6) is -0.0810. The predicted molar refractivity (Wildman–Crippen MR) is 91.5 cm³/mol. The van der Waals surface area contributed by atoms with Gasteiger partial charge in [0.15, 0.2) is 0 Å². The van der Waals surface area contributed by atoms with Crippen LogP contribution in [0.4, 0.5) is 0 Å². The standard InChI is InChI=1S/C19H21N3O/c1-19(2,3)15-9-7-14(8-10-15)18(23)20-13-16-12-17-6-4-5-11-22(17)21-16/h4-12H,13H2,1-3H3,(H,20,23). The molecule has 0 spiro atoms. The minimum absolute atomic E-state index is 0.0810. The van der Waals surface area contributed by atoms with Crippen molar-refractivity contribution in [2.75, 3.05) is 0 Å². The highest BCUT2D eigenvalue weighted by Crippen LogP contribution is 2.22. The van der Waals surface area contributed by atoms with E-state index in [1.165, 1.54) is 5.56 Å². The lowest BCUT2D eigenvalue weighted by molar-refractivity contribution is 0.0950. The fourth-order valence-electron chi connectivity index (χ4n) is 2.47. The number of amides is 1. The quantitative estimate of drug-likeness (QED) is 0.804. The van der Waals surface area contributed by atoms with Crippen molar-refractivity contribution in [1.82, 2.24) is 14.9 Å². The van der Waals surface area contributed by atoms with Crippen LogP contribution in [0.25, 0.3) is 5.52 Å². The maximum atomic E-state index is 12.2. The second kappa shape index (κ2) is 5.88. The van der Waals surface area contributed by atoms with Crippen LogP contribution < -0.4 is 5.32 Å². The molecule has 0 unspecified atom stereocenters. The monoisotopic (exact) mass is 307 g/mol. The van der Waals surface area contributed by atoms with Crippen LogP contribution in [0.15, 0.2) is 54.7 Å². The van der Waals surface area contributed by atoms with Crippen LogP contribution >= 0.6 is 0 Å². The van der Waals surface area contributed by atoms with Crippen molar-refractivity contribution in [3.8, 4) is 0 Å². The fourth-order valence-corrected chi connectivity index (χ4v) is 2.47. The number of nitrogens with zero attached hydrogens (tertiary/aromatic N) is 2. The van der Waals surface area contributed by atoms with Crippen molar-refractivity contribution in [1.29, 1.82) is 0 Å². The van der Waals surface area contributed by atoms with Gasteiger partial charge in [-0.05, 0) is 41.3 Å². The zero-order chi connectivity index (χ0) is 16.4. The first kappa shape index (κ1) is 15.3. The molecule has 0 atom stereocenters. The topological polar surface area (TPSA) is 46.4 Å². The van der Waals surface area contributed by atoms with E-state index >= 15 is 0 Å². The Kier molecular flexibility index (Phi) is 3.90. The van der Waals surface area contributed by atoms with E-state index in [2.05, 4.69) is 31.2 Å². The Bertz CT molecular complexity index is 793. The normalized spacial score (nSPS) is 11.6. The van der Waals surface area contributed by atoms with Crippen molar-refractivity contribution in [2.24, 2.45) is 0 Å². The van der Waals surface area contributed by atoms with Gasteiger partial charge in [0.25, 0.3) is 5.91 Å². The van der Waals surface area contributed by atoms with E-state index in [9.17, 15) is 4.79 Å². The Morgan fingerprint density at radius 2 is 1.87 bits per heavy atom. The summed E-state index contributed by atoms with van der Waals surface area (Å²) >= 11 is 0. The average Bonchev–Trinajstić information content (AvgIpc) is 2.95. The summed E-state index contributed by atoms with van der Waals surface area (Å²) in [6, 6.07) is 15.6. The molecule has 0 aliphatic carbocycles. The molecule has 1 aromatic carbocycles. The van der Waals surface area contributed by atoms with Crippen molar-refractivity contribution < 1.29 is 4.79 Å². The van der Waals surface area contributed by atoms with E-state index < -0.39 is 0 Å².